The Kier molecular flexibility index (Phi) is 5.53. The fourth-order valence-corrected chi connectivity index (χ4v) is 0.770. The third-order valence-electron chi connectivity index (χ3n) is 1.44. The van der Waals surface area contributed by atoms with E-state index in [2.05, 4.69) is 0 Å². The van der Waals surface area contributed by atoms with Crippen molar-refractivity contribution in [3.05, 3.63) is 0 Å². The van der Waals surface area contributed by atoms with E-state index < -0.39 is 12.3 Å². The van der Waals surface area contributed by atoms with Gasteiger partial charge in [-0.15, -0.1) is 11.6 Å². The first-order valence-corrected chi connectivity index (χ1v) is 4.13. The summed E-state index contributed by atoms with van der Waals surface area (Å²) in [5.74, 6) is -1.70. The summed E-state index contributed by atoms with van der Waals surface area (Å²) in [5.41, 5.74) is 0. The maximum atomic E-state index is 11.8. The van der Waals surface area contributed by atoms with E-state index in [-0.39, 0.29) is 24.6 Å². The molecule has 0 fully saturated rings. The highest BCUT2D eigenvalue weighted by atomic mass is 35.5. The van der Waals surface area contributed by atoms with Crippen LogP contribution in [-0.4, -0.2) is 42.5 Å². The van der Waals surface area contributed by atoms with Crippen LogP contribution in [0.3, 0.4) is 0 Å². The van der Waals surface area contributed by atoms with E-state index >= 15 is 0 Å². The number of carbonyl (C=O) groups excluding carboxylic acids is 2. The van der Waals surface area contributed by atoms with E-state index in [1.165, 1.54) is 7.05 Å². The summed E-state index contributed by atoms with van der Waals surface area (Å²) >= 11 is 5.18. The average molecular weight is 214 g/mol. The van der Waals surface area contributed by atoms with Crippen molar-refractivity contribution in [2.24, 2.45) is 0 Å². The maximum Gasteiger partial charge on any atom is 0.315 e. The normalized spacial score (nSPS) is 10.2. The molecule has 0 spiro atoms. The molecule has 0 aliphatic heterocycles. The first-order valence-electron chi connectivity index (χ1n) is 3.59. The van der Waals surface area contributed by atoms with Gasteiger partial charge in [-0.2, -0.15) is 8.78 Å². The molecular formula is C7H10ClF2NO2. The molecule has 0 saturated carbocycles. The summed E-state index contributed by atoms with van der Waals surface area (Å²) in [7, 11) is 1.22. The maximum absolute atomic E-state index is 11.8. The molecule has 0 heterocycles. The van der Waals surface area contributed by atoms with Crippen molar-refractivity contribution in [2.45, 2.75) is 12.8 Å². The zero-order valence-electron chi connectivity index (χ0n) is 7.10. The number of carbonyl (C=O) groups is 2. The number of halogens is 3. The molecular weight excluding hydrogens is 204 g/mol. The number of hydrogen-bond donors (Lipinski definition) is 0. The molecule has 6 heteroatoms. The molecule has 0 aromatic carbocycles. The van der Waals surface area contributed by atoms with E-state index in [1.54, 1.807) is 0 Å². The van der Waals surface area contributed by atoms with Crippen LogP contribution < -0.4 is 0 Å². The summed E-state index contributed by atoms with van der Waals surface area (Å²) in [5, 5.41) is 0. The number of nitrogens with zero attached hydrogens (tertiary/aromatic N) is 1. The first kappa shape index (κ1) is 12.3. The molecule has 0 aliphatic rings. The highest BCUT2D eigenvalue weighted by Gasteiger charge is 2.19. The number of alkyl halides is 3. The van der Waals surface area contributed by atoms with Crippen LogP contribution in [0.2, 0.25) is 0 Å². The van der Waals surface area contributed by atoms with Gasteiger partial charge in [0.25, 0.3) is 5.91 Å². The summed E-state index contributed by atoms with van der Waals surface area (Å²) in [4.78, 5) is 22.0. The van der Waals surface area contributed by atoms with Crippen LogP contribution in [0.5, 0.6) is 0 Å². The van der Waals surface area contributed by atoms with Gasteiger partial charge in [0.2, 0.25) is 0 Å². The minimum atomic E-state index is -3.02. The van der Waals surface area contributed by atoms with Crippen molar-refractivity contribution >= 4 is 23.3 Å². The van der Waals surface area contributed by atoms with Gasteiger partial charge in [0.1, 0.15) is 5.78 Å². The summed E-state index contributed by atoms with van der Waals surface area (Å²) in [6, 6.07) is 0. The molecule has 0 saturated heterocycles. The fourth-order valence-electron chi connectivity index (χ4n) is 0.636. The Morgan fingerprint density at radius 2 is 2.00 bits per heavy atom. The molecule has 0 bridgehead atoms. The summed E-state index contributed by atoms with van der Waals surface area (Å²) < 4.78 is 23.6. The minimum Gasteiger partial charge on any atom is -0.340 e. The molecule has 13 heavy (non-hydrogen) atoms. The van der Waals surface area contributed by atoms with E-state index in [4.69, 9.17) is 11.6 Å². The highest BCUT2D eigenvalue weighted by Crippen LogP contribution is 1.99. The Labute approximate surface area is 79.6 Å². The zero-order chi connectivity index (χ0) is 10.4. The van der Waals surface area contributed by atoms with Crippen molar-refractivity contribution in [1.29, 1.82) is 0 Å². The van der Waals surface area contributed by atoms with Gasteiger partial charge < -0.3 is 4.90 Å². The van der Waals surface area contributed by atoms with Crippen LogP contribution in [0.15, 0.2) is 0 Å². The van der Waals surface area contributed by atoms with E-state index in [0.29, 0.717) is 0 Å². The van der Waals surface area contributed by atoms with Gasteiger partial charge >= 0.3 is 6.43 Å². The SMILES string of the molecule is CN(CCC(=O)CCl)C(=O)C(F)F. The van der Waals surface area contributed by atoms with Gasteiger partial charge in [0, 0.05) is 20.0 Å². The Balaban J connectivity index is 3.81. The lowest BCUT2D eigenvalue weighted by molar-refractivity contribution is -0.141. The van der Waals surface area contributed by atoms with Crippen LogP contribution in [0.25, 0.3) is 0 Å². The molecule has 0 aliphatic carbocycles. The lowest BCUT2D eigenvalue weighted by atomic mass is 10.3. The Hall–Kier alpha value is -0.710. The largest absolute Gasteiger partial charge is 0.340 e. The number of amides is 1. The predicted molar refractivity (Wildman–Crippen MR) is 44.0 cm³/mol. The van der Waals surface area contributed by atoms with Gasteiger partial charge in [-0.1, -0.05) is 0 Å². The number of ketones is 1. The van der Waals surface area contributed by atoms with Crippen LogP contribution in [0.1, 0.15) is 6.42 Å². The van der Waals surface area contributed by atoms with Gasteiger partial charge in [0.05, 0.1) is 5.88 Å². The highest BCUT2D eigenvalue weighted by molar-refractivity contribution is 6.27. The smallest absolute Gasteiger partial charge is 0.315 e. The summed E-state index contributed by atoms with van der Waals surface area (Å²) in [6.45, 7) is -0.0191. The topological polar surface area (TPSA) is 37.4 Å². The number of Topliss-reactive ketones (excluding diaryl/α,β-unsaturated/α-hetero) is 1. The quantitative estimate of drug-likeness (QED) is 0.637. The van der Waals surface area contributed by atoms with Gasteiger partial charge in [-0.3, -0.25) is 9.59 Å². The molecule has 0 atom stereocenters. The van der Waals surface area contributed by atoms with Crippen LogP contribution in [0.4, 0.5) is 8.78 Å². The number of rotatable bonds is 5. The Bertz CT molecular complexity index is 199. The Morgan fingerprint density at radius 3 is 2.38 bits per heavy atom. The number of hydrogen-bond acceptors (Lipinski definition) is 2. The summed E-state index contributed by atoms with van der Waals surface area (Å²) in [6.07, 6.45) is -3.01. The lowest BCUT2D eigenvalue weighted by Gasteiger charge is -2.15. The molecule has 0 aromatic rings. The molecule has 1 amide bonds. The van der Waals surface area contributed by atoms with Crippen LogP contribution in [0, 0.1) is 0 Å². The van der Waals surface area contributed by atoms with Crippen molar-refractivity contribution in [2.75, 3.05) is 19.5 Å². The Morgan fingerprint density at radius 1 is 1.46 bits per heavy atom. The molecule has 76 valence electrons. The third kappa shape index (κ3) is 4.77. The van der Waals surface area contributed by atoms with Gasteiger partial charge in [-0.05, 0) is 0 Å². The van der Waals surface area contributed by atoms with Gasteiger partial charge in [0.15, 0.2) is 0 Å². The fraction of sp³-hybridized carbons (Fsp3) is 0.714. The lowest BCUT2D eigenvalue weighted by Crippen LogP contribution is -2.33. The van der Waals surface area contributed by atoms with E-state index in [9.17, 15) is 18.4 Å². The first-order chi connectivity index (χ1) is 5.99. The molecule has 0 rings (SSSR count). The van der Waals surface area contributed by atoms with E-state index in [1.807, 2.05) is 0 Å². The molecule has 0 N–H and O–H groups in total. The van der Waals surface area contributed by atoms with Gasteiger partial charge in [-0.25, -0.2) is 0 Å². The van der Waals surface area contributed by atoms with Crippen LogP contribution in [-0.2, 0) is 9.59 Å². The molecule has 0 aromatic heterocycles. The van der Waals surface area contributed by atoms with E-state index in [0.717, 1.165) is 4.90 Å². The second kappa shape index (κ2) is 5.85. The third-order valence-corrected chi connectivity index (χ3v) is 1.74. The zero-order valence-corrected chi connectivity index (χ0v) is 7.85. The van der Waals surface area contributed by atoms with Crippen molar-refractivity contribution in [1.82, 2.24) is 4.90 Å². The second-order valence-corrected chi connectivity index (χ2v) is 2.75. The molecule has 0 radical (unpaired) electrons. The molecule has 0 unspecified atom stereocenters. The average Bonchev–Trinajstić information content (AvgIpc) is 2.11. The van der Waals surface area contributed by atoms with Crippen molar-refractivity contribution in [3.8, 4) is 0 Å². The predicted octanol–water partition coefficient (Wildman–Crippen LogP) is 0.908. The van der Waals surface area contributed by atoms with Crippen LogP contribution >= 0.6 is 11.6 Å². The molecule has 3 nitrogen and oxygen atoms in total. The minimum absolute atomic E-state index is 0.0124. The standard InChI is InChI=1S/C7H10ClF2NO2/c1-11(7(13)6(9)10)3-2-5(12)4-8/h6H,2-4H2,1H3. The van der Waals surface area contributed by atoms with Crippen molar-refractivity contribution in [3.63, 3.8) is 0 Å². The van der Waals surface area contributed by atoms with Crippen molar-refractivity contribution < 1.29 is 18.4 Å². The second-order valence-electron chi connectivity index (χ2n) is 2.48. The monoisotopic (exact) mass is 213 g/mol.